The number of carbonyl (C=O) groups is 2. The van der Waals surface area contributed by atoms with Crippen molar-refractivity contribution in [3.8, 4) is 17.2 Å². The lowest BCUT2D eigenvalue weighted by Crippen LogP contribution is -2.02. The molecule has 0 aliphatic carbocycles. The Hall–Kier alpha value is -3.34. The molecule has 29 heavy (non-hydrogen) atoms. The van der Waals surface area contributed by atoms with Gasteiger partial charge in [-0.2, -0.15) is 0 Å². The highest BCUT2D eigenvalue weighted by Crippen LogP contribution is 2.28. The lowest BCUT2D eigenvalue weighted by atomic mass is 10.00. The van der Waals surface area contributed by atoms with Gasteiger partial charge in [0.2, 0.25) is 0 Å². The Morgan fingerprint density at radius 2 is 1.41 bits per heavy atom. The average Bonchev–Trinajstić information content (AvgIpc) is 2.71. The maximum atomic E-state index is 12.1. The minimum Gasteiger partial charge on any atom is -0.504 e. The van der Waals surface area contributed by atoms with Crippen molar-refractivity contribution in [2.45, 2.75) is 26.2 Å². The van der Waals surface area contributed by atoms with Gasteiger partial charge in [0, 0.05) is 0 Å². The number of ether oxygens (including phenoxy) is 2. The molecule has 152 valence electrons. The Balaban J connectivity index is 1.98. The third kappa shape index (κ3) is 6.35. The Morgan fingerprint density at radius 3 is 1.93 bits per heavy atom. The number of aromatic hydroxyl groups is 1. The Kier molecular flexibility index (Phi) is 7.78. The summed E-state index contributed by atoms with van der Waals surface area (Å²) < 4.78 is 10.4. The third-order valence-corrected chi connectivity index (χ3v) is 4.36. The summed E-state index contributed by atoms with van der Waals surface area (Å²) >= 11 is 0. The summed E-state index contributed by atoms with van der Waals surface area (Å²) in [6, 6.07) is 10.5. The van der Waals surface area contributed by atoms with Gasteiger partial charge in [0.1, 0.15) is 5.75 Å². The molecule has 5 nitrogen and oxygen atoms in total. The molecule has 0 aliphatic heterocycles. The maximum Gasteiger partial charge on any atom is 0.163 e. The number of ketones is 2. The summed E-state index contributed by atoms with van der Waals surface area (Å²) in [6.45, 7) is 4.18. The zero-order valence-corrected chi connectivity index (χ0v) is 17.1. The van der Waals surface area contributed by atoms with Gasteiger partial charge in [-0.1, -0.05) is 44.2 Å². The molecule has 2 rings (SSSR count). The van der Waals surface area contributed by atoms with Gasteiger partial charge in [0.05, 0.1) is 20.6 Å². The Morgan fingerprint density at radius 1 is 0.897 bits per heavy atom. The van der Waals surface area contributed by atoms with Crippen molar-refractivity contribution >= 4 is 23.7 Å². The van der Waals surface area contributed by atoms with Crippen LogP contribution in [0.5, 0.6) is 17.2 Å². The van der Waals surface area contributed by atoms with Gasteiger partial charge in [0.25, 0.3) is 0 Å². The summed E-state index contributed by atoms with van der Waals surface area (Å²) in [7, 11) is 3.07. The Labute approximate surface area is 171 Å². The third-order valence-electron chi connectivity index (χ3n) is 4.36. The molecule has 0 aliphatic rings. The molecule has 1 N–H and O–H groups in total. The van der Waals surface area contributed by atoms with E-state index < -0.39 is 0 Å². The van der Waals surface area contributed by atoms with E-state index in [0.717, 1.165) is 16.9 Å². The molecule has 0 bridgehead atoms. The SMILES string of the molecule is COc1cc(C=CC(=O)CC(=O)C=Cc2ccc(C(C)C)c(OC)c2)ccc1O. The molecule has 5 heteroatoms. The number of benzene rings is 2. The second kappa shape index (κ2) is 10.3. The van der Waals surface area contributed by atoms with E-state index in [1.807, 2.05) is 18.2 Å². The highest BCUT2D eigenvalue weighted by atomic mass is 16.5. The average molecular weight is 394 g/mol. The monoisotopic (exact) mass is 394 g/mol. The van der Waals surface area contributed by atoms with E-state index in [1.165, 1.54) is 25.3 Å². The summed E-state index contributed by atoms with van der Waals surface area (Å²) in [6.07, 6.45) is 5.79. The second-order valence-corrected chi connectivity index (χ2v) is 6.86. The number of rotatable bonds is 9. The van der Waals surface area contributed by atoms with Crippen LogP contribution in [0.2, 0.25) is 0 Å². The smallest absolute Gasteiger partial charge is 0.163 e. The predicted octanol–water partition coefficient (Wildman–Crippen LogP) is 4.79. The van der Waals surface area contributed by atoms with Crippen LogP contribution in [0.3, 0.4) is 0 Å². The van der Waals surface area contributed by atoms with Crippen LogP contribution in [-0.2, 0) is 9.59 Å². The lowest BCUT2D eigenvalue weighted by molar-refractivity contribution is -0.121. The molecule has 0 amide bonds. The van der Waals surface area contributed by atoms with Gasteiger partial charge in [-0.15, -0.1) is 0 Å². The summed E-state index contributed by atoms with van der Waals surface area (Å²) in [5.41, 5.74) is 2.62. The van der Waals surface area contributed by atoms with Crippen molar-refractivity contribution in [1.82, 2.24) is 0 Å². The lowest BCUT2D eigenvalue weighted by Gasteiger charge is -2.12. The van der Waals surface area contributed by atoms with Crippen LogP contribution in [0, 0.1) is 0 Å². The first-order valence-electron chi connectivity index (χ1n) is 9.30. The standard InChI is InChI=1S/C24H26O5/c1-16(2)21-11-7-17(13-23(21)28-3)5-9-19(25)15-20(26)10-6-18-8-12-22(27)24(14-18)29-4/h5-14,16,27H,15H2,1-4H3. The molecule has 0 heterocycles. The fourth-order valence-corrected chi connectivity index (χ4v) is 2.77. The van der Waals surface area contributed by atoms with Crippen LogP contribution >= 0.6 is 0 Å². The molecule has 2 aromatic rings. The van der Waals surface area contributed by atoms with Crippen molar-refractivity contribution in [1.29, 1.82) is 0 Å². The Bertz CT molecular complexity index is 938. The highest BCUT2D eigenvalue weighted by molar-refractivity contribution is 6.10. The first-order valence-corrected chi connectivity index (χ1v) is 9.30. The van der Waals surface area contributed by atoms with E-state index in [0.29, 0.717) is 17.2 Å². The van der Waals surface area contributed by atoms with Crippen LogP contribution in [0.4, 0.5) is 0 Å². The fourth-order valence-electron chi connectivity index (χ4n) is 2.77. The van der Waals surface area contributed by atoms with E-state index in [-0.39, 0.29) is 23.7 Å². The van der Waals surface area contributed by atoms with Gasteiger partial charge < -0.3 is 14.6 Å². The quantitative estimate of drug-likeness (QED) is 0.489. The molecule has 0 unspecified atom stereocenters. The molecule has 0 saturated carbocycles. The fraction of sp³-hybridized carbons (Fsp3) is 0.250. The number of methoxy groups -OCH3 is 2. The van der Waals surface area contributed by atoms with Crippen LogP contribution in [0.25, 0.3) is 12.2 Å². The first kappa shape index (κ1) is 22.0. The van der Waals surface area contributed by atoms with Crippen LogP contribution in [0.15, 0.2) is 48.6 Å². The van der Waals surface area contributed by atoms with E-state index >= 15 is 0 Å². The molecule has 0 radical (unpaired) electrons. The van der Waals surface area contributed by atoms with Crippen LogP contribution < -0.4 is 9.47 Å². The van der Waals surface area contributed by atoms with Crippen molar-refractivity contribution in [2.24, 2.45) is 0 Å². The number of hydrogen-bond acceptors (Lipinski definition) is 5. The number of phenolic OH excluding ortho intramolecular Hbond substituents is 1. The second-order valence-electron chi connectivity index (χ2n) is 6.86. The zero-order valence-electron chi connectivity index (χ0n) is 17.1. The zero-order chi connectivity index (χ0) is 21.4. The minimum absolute atomic E-state index is 0.0225. The topological polar surface area (TPSA) is 72.8 Å². The summed E-state index contributed by atoms with van der Waals surface area (Å²) in [4.78, 5) is 24.1. The number of hydrogen-bond donors (Lipinski definition) is 1. The van der Waals surface area contributed by atoms with Crippen molar-refractivity contribution in [3.63, 3.8) is 0 Å². The van der Waals surface area contributed by atoms with Gasteiger partial charge in [-0.25, -0.2) is 0 Å². The van der Waals surface area contributed by atoms with Gasteiger partial charge in [-0.3, -0.25) is 9.59 Å². The minimum atomic E-state index is -0.306. The summed E-state index contributed by atoms with van der Waals surface area (Å²) in [5.74, 6) is 0.863. The van der Waals surface area contributed by atoms with Crippen molar-refractivity contribution < 1.29 is 24.2 Å². The van der Waals surface area contributed by atoms with E-state index in [4.69, 9.17) is 9.47 Å². The van der Waals surface area contributed by atoms with Crippen LogP contribution in [0.1, 0.15) is 42.9 Å². The number of phenols is 1. The first-order chi connectivity index (χ1) is 13.8. The van der Waals surface area contributed by atoms with Crippen molar-refractivity contribution in [2.75, 3.05) is 14.2 Å². The predicted molar refractivity (Wildman–Crippen MR) is 114 cm³/mol. The molecule has 0 atom stereocenters. The molecule has 0 aromatic heterocycles. The number of carbonyl (C=O) groups excluding carboxylic acids is 2. The molecular formula is C24H26O5. The molecule has 0 spiro atoms. The normalized spacial score (nSPS) is 11.3. The number of allylic oxidation sites excluding steroid dienone is 2. The van der Waals surface area contributed by atoms with Gasteiger partial charge >= 0.3 is 0 Å². The highest BCUT2D eigenvalue weighted by Gasteiger charge is 2.08. The van der Waals surface area contributed by atoms with Crippen molar-refractivity contribution in [3.05, 3.63) is 65.2 Å². The largest absolute Gasteiger partial charge is 0.504 e. The van der Waals surface area contributed by atoms with E-state index in [1.54, 1.807) is 31.4 Å². The maximum absolute atomic E-state index is 12.1. The molecule has 0 fully saturated rings. The van der Waals surface area contributed by atoms with E-state index in [9.17, 15) is 14.7 Å². The van der Waals surface area contributed by atoms with Gasteiger partial charge in [0.15, 0.2) is 23.1 Å². The molecule has 2 aromatic carbocycles. The molecule has 0 saturated heterocycles. The van der Waals surface area contributed by atoms with E-state index in [2.05, 4.69) is 13.8 Å². The molecular weight excluding hydrogens is 368 g/mol. The van der Waals surface area contributed by atoms with Crippen LogP contribution in [-0.4, -0.2) is 30.9 Å². The van der Waals surface area contributed by atoms with Gasteiger partial charge in [-0.05, 0) is 53.0 Å². The summed E-state index contributed by atoms with van der Waals surface area (Å²) in [5, 5.41) is 9.58.